The zero-order valence-corrected chi connectivity index (χ0v) is 7.77. The topological polar surface area (TPSA) is 49.3 Å². The van der Waals surface area contributed by atoms with Gasteiger partial charge >= 0.3 is 0 Å². The summed E-state index contributed by atoms with van der Waals surface area (Å²) in [5.41, 5.74) is 0. The number of aliphatic hydroxyl groups is 1. The molecule has 2 N–H and O–H groups in total. The number of thiol groups is 1. The highest BCUT2D eigenvalue weighted by Gasteiger charge is 2.11. The molecule has 0 spiro atoms. The van der Waals surface area contributed by atoms with Gasteiger partial charge in [-0.3, -0.25) is 4.79 Å². The van der Waals surface area contributed by atoms with Gasteiger partial charge in [-0.1, -0.05) is 6.92 Å². The standard InChI is InChI=1S/C7H15NO2S/c1-3-6(4-9)8-7(10)5(2)11/h5-6,9,11H,3-4H2,1-2H3,(H,8,10). The van der Waals surface area contributed by atoms with Gasteiger partial charge in [0.2, 0.25) is 5.91 Å². The molecular weight excluding hydrogens is 162 g/mol. The van der Waals surface area contributed by atoms with Gasteiger partial charge in [-0.15, -0.1) is 0 Å². The van der Waals surface area contributed by atoms with Gasteiger partial charge in [-0.05, 0) is 13.3 Å². The summed E-state index contributed by atoms with van der Waals surface area (Å²) in [6, 6.07) is -0.128. The van der Waals surface area contributed by atoms with Gasteiger partial charge in [0, 0.05) is 0 Å². The Hall–Kier alpha value is -0.220. The lowest BCUT2D eigenvalue weighted by Gasteiger charge is -2.14. The maximum absolute atomic E-state index is 11.0. The molecule has 1 amide bonds. The summed E-state index contributed by atoms with van der Waals surface area (Å²) in [7, 11) is 0. The summed E-state index contributed by atoms with van der Waals surface area (Å²) in [5, 5.41) is 11.1. The Labute approximate surface area is 72.6 Å². The van der Waals surface area contributed by atoms with E-state index in [9.17, 15) is 4.79 Å². The third kappa shape index (κ3) is 4.27. The van der Waals surface area contributed by atoms with E-state index in [4.69, 9.17) is 5.11 Å². The van der Waals surface area contributed by atoms with E-state index in [1.807, 2.05) is 6.92 Å². The third-order valence-electron chi connectivity index (χ3n) is 1.44. The summed E-state index contributed by atoms with van der Waals surface area (Å²) in [5.74, 6) is -0.130. The van der Waals surface area contributed by atoms with Crippen LogP contribution in [-0.2, 0) is 4.79 Å². The van der Waals surface area contributed by atoms with Gasteiger partial charge in [-0.25, -0.2) is 0 Å². The quantitative estimate of drug-likeness (QED) is 0.537. The van der Waals surface area contributed by atoms with Gasteiger partial charge in [0.05, 0.1) is 17.9 Å². The molecule has 0 aliphatic rings. The zero-order valence-electron chi connectivity index (χ0n) is 6.87. The van der Waals surface area contributed by atoms with Gasteiger partial charge in [0.25, 0.3) is 0 Å². The number of rotatable bonds is 4. The van der Waals surface area contributed by atoms with Crippen LogP contribution < -0.4 is 5.32 Å². The molecule has 3 nitrogen and oxygen atoms in total. The number of nitrogens with one attached hydrogen (secondary N) is 1. The van der Waals surface area contributed by atoms with Crippen LogP contribution in [0, 0.1) is 0 Å². The number of hydrogen-bond donors (Lipinski definition) is 3. The van der Waals surface area contributed by atoms with Crippen LogP contribution in [0.4, 0.5) is 0 Å². The molecular formula is C7H15NO2S. The van der Waals surface area contributed by atoms with Crippen molar-refractivity contribution in [3.05, 3.63) is 0 Å². The van der Waals surface area contributed by atoms with Crippen LogP contribution in [-0.4, -0.2) is 28.9 Å². The molecule has 0 aliphatic heterocycles. The molecule has 0 fully saturated rings. The minimum absolute atomic E-state index is 0.0112. The molecule has 66 valence electrons. The van der Waals surface area contributed by atoms with Crippen molar-refractivity contribution < 1.29 is 9.90 Å². The largest absolute Gasteiger partial charge is 0.394 e. The Kier molecular flexibility index (Phi) is 5.32. The van der Waals surface area contributed by atoms with Crippen LogP contribution in [0.2, 0.25) is 0 Å². The molecule has 0 aliphatic carbocycles. The summed E-state index contributed by atoms with van der Waals surface area (Å²) < 4.78 is 0. The molecule has 2 atom stereocenters. The van der Waals surface area contributed by atoms with Crippen LogP contribution in [0.15, 0.2) is 0 Å². The highest BCUT2D eigenvalue weighted by molar-refractivity contribution is 7.81. The van der Waals surface area contributed by atoms with Gasteiger partial charge < -0.3 is 10.4 Å². The van der Waals surface area contributed by atoms with E-state index < -0.39 is 0 Å². The molecule has 0 aromatic carbocycles. The van der Waals surface area contributed by atoms with Crippen LogP contribution >= 0.6 is 12.6 Å². The van der Waals surface area contributed by atoms with Crippen LogP contribution in [0.25, 0.3) is 0 Å². The monoisotopic (exact) mass is 177 g/mol. The fourth-order valence-corrected chi connectivity index (χ4v) is 0.673. The van der Waals surface area contributed by atoms with Crippen molar-refractivity contribution in [1.82, 2.24) is 5.32 Å². The Morgan fingerprint density at radius 1 is 1.73 bits per heavy atom. The fraction of sp³-hybridized carbons (Fsp3) is 0.857. The lowest BCUT2D eigenvalue weighted by atomic mass is 10.2. The van der Waals surface area contributed by atoms with Crippen LogP contribution in [0.1, 0.15) is 20.3 Å². The average Bonchev–Trinajstić information content (AvgIpc) is 1.99. The molecule has 4 heteroatoms. The van der Waals surface area contributed by atoms with E-state index in [1.165, 1.54) is 0 Å². The third-order valence-corrected chi connectivity index (χ3v) is 1.67. The highest BCUT2D eigenvalue weighted by Crippen LogP contribution is 1.95. The van der Waals surface area contributed by atoms with E-state index in [1.54, 1.807) is 6.92 Å². The minimum Gasteiger partial charge on any atom is -0.394 e. The molecule has 0 aromatic rings. The van der Waals surface area contributed by atoms with Gasteiger partial charge in [0.15, 0.2) is 0 Å². The van der Waals surface area contributed by atoms with Crippen molar-refractivity contribution in [2.45, 2.75) is 31.6 Å². The van der Waals surface area contributed by atoms with E-state index in [0.29, 0.717) is 0 Å². The lowest BCUT2D eigenvalue weighted by Crippen LogP contribution is -2.40. The number of aliphatic hydroxyl groups excluding tert-OH is 1. The predicted molar refractivity (Wildman–Crippen MR) is 47.8 cm³/mol. The molecule has 0 heterocycles. The first-order valence-corrected chi connectivity index (χ1v) is 4.22. The van der Waals surface area contributed by atoms with Gasteiger partial charge in [0.1, 0.15) is 0 Å². The minimum atomic E-state index is -0.310. The first-order chi connectivity index (χ1) is 5.11. The molecule has 2 unspecified atom stereocenters. The van der Waals surface area contributed by atoms with Crippen molar-refractivity contribution >= 4 is 18.5 Å². The van der Waals surface area contributed by atoms with Crippen molar-refractivity contribution in [2.75, 3.05) is 6.61 Å². The van der Waals surface area contributed by atoms with Crippen molar-refractivity contribution in [2.24, 2.45) is 0 Å². The van der Waals surface area contributed by atoms with Gasteiger partial charge in [-0.2, -0.15) is 12.6 Å². The molecule has 0 bridgehead atoms. The number of carbonyl (C=O) groups is 1. The Bertz CT molecular complexity index is 124. The summed E-state index contributed by atoms with van der Waals surface area (Å²) in [6.45, 7) is 3.59. The van der Waals surface area contributed by atoms with Crippen molar-refractivity contribution in [1.29, 1.82) is 0 Å². The molecule has 0 radical (unpaired) electrons. The average molecular weight is 177 g/mol. The van der Waals surface area contributed by atoms with Crippen molar-refractivity contribution in [3.63, 3.8) is 0 Å². The molecule has 0 aromatic heterocycles. The van der Waals surface area contributed by atoms with E-state index in [0.717, 1.165) is 6.42 Å². The smallest absolute Gasteiger partial charge is 0.232 e. The van der Waals surface area contributed by atoms with E-state index >= 15 is 0 Å². The number of amides is 1. The number of hydrogen-bond acceptors (Lipinski definition) is 3. The molecule has 0 saturated heterocycles. The summed E-state index contributed by atoms with van der Waals surface area (Å²) in [6.07, 6.45) is 0.739. The van der Waals surface area contributed by atoms with Crippen LogP contribution in [0.3, 0.4) is 0 Å². The second kappa shape index (κ2) is 5.43. The van der Waals surface area contributed by atoms with Crippen LogP contribution in [0.5, 0.6) is 0 Å². The molecule has 11 heavy (non-hydrogen) atoms. The first kappa shape index (κ1) is 10.8. The summed E-state index contributed by atoms with van der Waals surface area (Å²) >= 11 is 3.95. The van der Waals surface area contributed by atoms with E-state index in [2.05, 4.69) is 17.9 Å². The predicted octanol–water partition coefficient (Wildman–Crippen LogP) is 0.192. The second-order valence-corrected chi connectivity index (χ2v) is 3.25. The summed E-state index contributed by atoms with van der Waals surface area (Å²) in [4.78, 5) is 11.0. The fourth-order valence-electron chi connectivity index (χ4n) is 0.599. The maximum Gasteiger partial charge on any atom is 0.232 e. The zero-order chi connectivity index (χ0) is 8.85. The lowest BCUT2D eigenvalue weighted by molar-refractivity contribution is -0.121. The maximum atomic E-state index is 11.0. The normalized spacial score (nSPS) is 15.6. The van der Waals surface area contributed by atoms with Crippen molar-refractivity contribution in [3.8, 4) is 0 Å². The first-order valence-electron chi connectivity index (χ1n) is 3.71. The number of carbonyl (C=O) groups excluding carboxylic acids is 1. The molecule has 0 saturated carbocycles. The Morgan fingerprint density at radius 2 is 2.27 bits per heavy atom. The SMILES string of the molecule is CCC(CO)NC(=O)C(C)S. The Balaban J connectivity index is 3.72. The Morgan fingerprint density at radius 3 is 2.55 bits per heavy atom. The second-order valence-electron chi connectivity index (χ2n) is 2.47. The van der Waals surface area contributed by atoms with E-state index in [-0.39, 0.29) is 23.8 Å². The highest BCUT2D eigenvalue weighted by atomic mass is 32.1. The molecule has 0 rings (SSSR count).